The van der Waals surface area contributed by atoms with Gasteiger partial charge in [-0.2, -0.15) is 0 Å². The fraction of sp³-hybridized carbons (Fsp3) is 0.900. The van der Waals surface area contributed by atoms with Crippen LogP contribution in [0.3, 0.4) is 0 Å². The molecule has 2 saturated heterocycles. The number of carboxylic acid groups (broad SMARTS) is 1. The fourth-order valence-electron chi connectivity index (χ4n) is 4.00. The van der Waals surface area contributed by atoms with Gasteiger partial charge in [0, 0.05) is 6.92 Å². The largest absolute Gasteiger partial charge is 0.479 e. The van der Waals surface area contributed by atoms with E-state index < -0.39 is 79.6 Å². The first-order valence-electron chi connectivity index (χ1n) is 10.7. The highest BCUT2D eigenvalue weighted by molar-refractivity contribution is 5.74. The number of hydrogen-bond donors (Lipinski definition) is 6. The minimum Gasteiger partial charge on any atom is -0.479 e. The van der Waals surface area contributed by atoms with Crippen molar-refractivity contribution in [3.8, 4) is 0 Å². The van der Waals surface area contributed by atoms with Crippen LogP contribution in [0.2, 0.25) is 0 Å². The summed E-state index contributed by atoms with van der Waals surface area (Å²) in [5.74, 6) is -2.22. The molecule has 2 rings (SSSR count). The van der Waals surface area contributed by atoms with Crippen molar-refractivity contribution in [2.24, 2.45) is 5.92 Å². The second-order valence-corrected chi connectivity index (χ2v) is 8.78. The van der Waals surface area contributed by atoms with E-state index in [0.717, 1.165) is 0 Å². The molecule has 10 atom stereocenters. The SMILES string of the molecule is CC(=O)N[C@H]1[C@H](O[C@H]2[C@H](O)[C@@H](O)[C@H](C(C)C)O[C@@H]2C(=O)O)O[C@H](CO)[C@@H](O)[C@@H]1OC(C)C. The van der Waals surface area contributed by atoms with Crippen LogP contribution >= 0.6 is 0 Å². The highest BCUT2D eigenvalue weighted by Crippen LogP contribution is 2.32. The standard InChI is InChI=1S/C20H35NO11/c1-7(2)15-13(25)14(26)17(18(31-15)19(27)28)32-20-11(21-9(5)23)16(29-8(3)4)12(24)10(6-22)30-20/h7-8,10-18,20,22,24-26H,6H2,1-5H3,(H,21,23)(H,27,28)/t10-,11-,12-,13-,14-,15+,16-,17+,18+,20+/m1/s1. The molecule has 2 aliphatic heterocycles. The molecule has 0 radical (unpaired) electrons. The van der Waals surface area contributed by atoms with E-state index in [1.807, 2.05) is 0 Å². The van der Waals surface area contributed by atoms with Gasteiger partial charge in [-0.1, -0.05) is 13.8 Å². The molecule has 0 unspecified atom stereocenters. The number of amides is 1. The number of carboxylic acids is 1. The molecule has 0 aliphatic carbocycles. The van der Waals surface area contributed by atoms with Crippen molar-refractivity contribution < 1.29 is 54.1 Å². The van der Waals surface area contributed by atoms with Gasteiger partial charge >= 0.3 is 5.97 Å². The monoisotopic (exact) mass is 465 g/mol. The van der Waals surface area contributed by atoms with Crippen LogP contribution < -0.4 is 5.32 Å². The highest BCUT2D eigenvalue weighted by Gasteiger charge is 2.53. The van der Waals surface area contributed by atoms with Gasteiger partial charge in [-0.3, -0.25) is 4.79 Å². The van der Waals surface area contributed by atoms with Crippen LogP contribution in [0.25, 0.3) is 0 Å². The highest BCUT2D eigenvalue weighted by atomic mass is 16.7. The lowest BCUT2D eigenvalue weighted by Crippen LogP contribution is -2.68. The van der Waals surface area contributed by atoms with E-state index in [1.54, 1.807) is 27.7 Å². The summed E-state index contributed by atoms with van der Waals surface area (Å²) < 4.78 is 22.6. The van der Waals surface area contributed by atoms with Gasteiger partial charge in [-0.15, -0.1) is 0 Å². The van der Waals surface area contributed by atoms with Crippen molar-refractivity contribution in [1.29, 1.82) is 0 Å². The molecule has 0 aromatic carbocycles. The Morgan fingerprint density at radius 2 is 1.62 bits per heavy atom. The van der Waals surface area contributed by atoms with Gasteiger partial charge in [0.15, 0.2) is 12.4 Å². The Hall–Kier alpha value is -1.38. The van der Waals surface area contributed by atoms with Crippen LogP contribution in [0.15, 0.2) is 0 Å². The lowest BCUT2D eigenvalue weighted by atomic mass is 9.89. The van der Waals surface area contributed by atoms with Gasteiger partial charge in [-0.25, -0.2) is 4.79 Å². The predicted molar refractivity (Wildman–Crippen MR) is 107 cm³/mol. The summed E-state index contributed by atoms with van der Waals surface area (Å²) in [4.78, 5) is 23.7. The second-order valence-electron chi connectivity index (χ2n) is 8.78. The van der Waals surface area contributed by atoms with Gasteiger partial charge in [0.05, 0.1) is 18.8 Å². The first-order chi connectivity index (χ1) is 14.9. The lowest BCUT2D eigenvalue weighted by molar-refractivity contribution is -0.325. The van der Waals surface area contributed by atoms with E-state index in [9.17, 15) is 35.1 Å². The zero-order valence-electron chi connectivity index (χ0n) is 18.8. The molecule has 12 nitrogen and oxygen atoms in total. The third kappa shape index (κ3) is 5.94. The van der Waals surface area contributed by atoms with Gasteiger partial charge in [0.1, 0.15) is 42.7 Å². The molecule has 0 aromatic heterocycles. The third-order valence-electron chi connectivity index (χ3n) is 5.47. The normalized spacial score (nSPS) is 40.5. The minimum atomic E-state index is -1.65. The van der Waals surface area contributed by atoms with Crippen LogP contribution in [-0.2, 0) is 28.5 Å². The van der Waals surface area contributed by atoms with Crippen molar-refractivity contribution in [2.75, 3.05) is 6.61 Å². The summed E-state index contributed by atoms with van der Waals surface area (Å²) in [5, 5.41) is 53.6. The summed E-state index contributed by atoms with van der Waals surface area (Å²) in [6, 6.07) is -1.12. The van der Waals surface area contributed by atoms with Crippen LogP contribution in [0, 0.1) is 5.92 Å². The zero-order valence-corrected chi connectivity index (χ0v) is 18.8. The fourth-order valence-corrected chi connectivity index (χ4v) is 4.00. The zero-order chi connectivity index (χ0) is 24.3. The maximum Gasteiger partial charge on any atom is 0.335 e. The number of aliphatic hydroxyl groups excluding tert-OH is 4. The molecule has 1 amide bonds. The van der Waals surface area contributed by atoms with E-state index in [2.05, 4.69) is 5.32 Å². The molecule has 186 valence electrons. The number of rotatable bonds is 8. The quantitative estimate of drug-likeness (QED) is 0.232. The van der Waals surface area contributed by atoms with E-state index in [4.69, 9.17) is 18.9 Å². The molecule has 2 heterocycles. The molecule has 0 aromatic rings. The Labute approximate surface area is 186 Å². The Morgan fingerprint density at radius 1 is 1.00 bits per heavy atom. The maximum absolute atomic E-state index is 11.9. The molecule has 6 N–H and O–H groups in total. The Balaban J connectivity index is 2.37. The number of aliphatic hydroxyl groups is 4. The van der Waals surface area contributed by atoms with E-state index in [0.29, 0.717) is 0 Å². The van der Waals surface area contributed by atoms with Crippen LogP contribution in [0.4, 0.5) is 0 Å². The number of nitrogens with one attached hydrogen (secondary N) is 1. The number of hydrogen-bond acceptors (Lipinski definition) is 10. The molecular formula is C20H35NO11. The van der Waals surface area contributed by atoms with Crippen molar-refractivity contribution >= 4 is 11.9 Å². The van der Waals surface area contributed by atoms with Crippen LogP contribution in [0.5, 0.6) is 0 Å². The Morgan fingerprint density at radius 3 is 2.09 bits per heavy atom. The molecule has 0 spiro atoms. The Bertz CT molecular complexity index is 645. The predicted octanol–water partition coefficient (Wildman–Crippen LogP) is -2.02. The van der Waals surface area contributed by atoms with Crippen molar-refractivity contribution in [3.63, 3.8) is 0 Å². The molecule has 2 aliphatic rings. The number of carbonyl (C=O) groups is 2. The number of aliphatic carboxylic acids is 1. The molecule has 0 saturated carbocycles. The summed E-state index contributed by atoms with van der Waals surface area (Å²) in [7, 11) is 0. The summed E-state index contributed by atoms with van der Waals surface area (Å²) in [5.41, 5.74) is 0. The van der Waals surface area contributed by atoms with E-state index >= 15 is 0 Å². The minimum absolute atomic E-state index is 0.293. The second kappa shape index (κ2) is 11.2. The molecule has 2 fully saturated rings. The Kier molecular flexibility index (Phi) is 9.37. The smallest absolute Gasteiger partial charge is 0.335 e. The maximum atomic E-state index is 11.9. The van der Waals surface area contributed by atoms with Gasteiger partial charge in [0.25, 0.3) is 0 Å². The van der Waals surface area contributed by atoms with Crippen molar-refractivity contribution in [2.45, 2.75) is 102 Å². The van der Waals surface area contributed by atoms with Gasteiger partial charge < -0.3 is 49.8 Å². The molecule has 32 heavy (non-hydrogen) atoms. The van der Waals surface area contributed by atoms with Gasteiger partial charge in [-0.05, 0) is 19.8 Å². The average molecular weight is 465 g/mol. The third-order valence-corrected chi connectivity index (χ3v) is 5.47. The lowest BCUT2D eigenvalue weighted by Gasteiger charge is -2.48. The molecular weight excluding hydrogens is 430 g/mol. The summed E-state index contributed by atoms with van der Waals surface area (Å²) in [6.45, 7) is 7.44. The van der Waals surface area contributed by atoms with E-state index in [1.165, 1.54) is 6.92 Å². The molecule has 12 heteroatoms. The van der Waals surface area contributed by atoms with Gasteiger partial charge in [0.2, 0.25) is 5.91 Å². The number of carbonyl (C=O) groups excluding carboxylic acids is 1. The first-order valence-corrected chi connectivity index (χ1v) is 10.7. The average Bonchev–Trinajstić information content (AvgIpc) is 2.68. The van der Waals surface area contributed by atoms with Crippen LogP contribution in [-0.4, -0.2) is 111 Å². The van der Waals surface area contributed by atoms with Crippen molar-refractivity contribution in [3.05, 3.63) is 0 Å². The number of ether oxygens (including phenoxy) is 4. The topological polar surface area (TPSA) is 184 Å². The summed E-state index contributed by atoms with van der Waals surface area (Å²) >= 11 is 0. The van der Waals surface area contributed by atoms with Crippen molar-refractivity contribution in [1.82, 2.24) is 5.32 Å². The first kappa shape index (κ1) is 26.9. The van der Waals surface area contributed by atoms with Crippen LogP contribution in [0.1, 0.15) is 34.6 Å². The summed E-state index contributed by atoms with van der Waals surface area (Å²) in [6.07, 6.45) is -12.7. The molecule has 0 bridgehead atoms. The van der Waals surface area contributed by atoms with E-state index in [-0.39, 0.29) is 12.0 Å².